The van der Waals surface area contributed by atoms with Gasteiger partial charge in [0, 0.05) is 12.3 Å². The monoisotopic (exact) mass is 331 g/mol. The van der Waals surface area contributed by atoms with Crippen LogP contribution in [-0.4, -0.2) is 32.4 Å². The average molecular weight is 331 g/mol. The molecule has 7 heteroatoms. The van der Waals surface area contributed by atoms with Crippen molar-refractivity contribution in [3.63, 3.8) is 0 Å². The number of nitrogens with one attached hydrogen (secondary N) is 1. The first-order chi connectivity index (χ1) is 9.71. The summed E-state index contributed by atoms with van der Waals surface area (Å²) < 4.78 is 29.0. The van der Waals surface area contributed by atoms with E-state index in [-0.39, 0.29) is 0 Å². The molecule has 1 aromatic carbocycles. The van der Waals surface area contributed by atoms with E-state index in [9.17, 15) is 13.2 Å². The quantitative estimate of drug-likeness (QED) is 0.641. The fourth-order valence-corrected chi connectivity index (χ4v) is 4.26. The molecule has 0 atom stereocenters. The molecule has 0 spiro atoms. The number of rotatable bonds is 6. The molecule has 21 heavy (non-hydrogen) atoms. The minimum Gasteiger partial charge on any atom is -0.444 e. The molecule has 1 rings (SSSR count). The van der Waals surface area contributed by atoms with Gasteiger partial charge in [0.05, 0.1) is 4.90 Å². The number of alkyl carbamates (subject to hydrolysis) is 1. The first-order valence-corrected chi connectivity index (χ1v) is 9.61. The molecule has 0 unspecified atom stereocenters. The van der Waals surface area contributed by atoms with Gasteiger partial charge in [-0.3, -0.25) is 0 Å². The molecule has 5 nitrogen and oxygen atoms in total. The Hall–Kier alpha value is -1.21. The van der Waals surface area contributed by atoms with Gasteiger partial charge in [-0.05, 0) is 50.1 Å². The maximum absolute atomic E-state index is 12.0. The second-order valence-electron chi connectivity index (χ2n) is 5.37. The lowest BCUT2D eigenvalue weighted by Crippen LogP contribution is -2.33. The lowest BCUT2D eigenvalue weighted by Gasteiger charge is -2.19. The molecule has 1 N–H and O–H groups in total. The van der Waals surface area contributed by atoms with Crippen LogP contribution in [0.1, 0.15) is 27.2 Å². The molecule has 1 aromatic rings. The van der Waals surface area contributed by atoms with Crippen LogP contribution in [0, 0.1) is 0 Å². The third-order valence-corrected chi connectivity index (χ3v) is 5.88. The number of hydrogen-bond donors (Lipinski definition) is 1. The molecule has 0 saturated heterocycles. The summed E-state index contributed by atoms with van der Waals surface area (Å²) in [6.07, 6.45) is 0.0640. The summed E-state index contributed by atoms with van der Waals surface area (Å²) in [5.74, 6) is 0.410. The van der Waals surface area contributed by atoms with Crippen LogP contribution in [0.5, 0.6) is 0 Å². The van der Waals surface area contributed by atoms with Crippen LogP contribution in [0.15, 0.2) is 35.2 Å². The van der Waals surface area contributed by atoms with Crippen molar-refractivity contribution in [2.45, 2.75) is 37.7 Å². The predicted octanol–water partition coefficient (Wildman–Crippen LogP) is 3.02. The predicted molar refractivity (Wildman–Crippen MR) is 84.9 cm³/mol. The summed E-state index contributed by atoms with van der Waals surface area (Å²) in [4.78, 5) is 11.7. The van der Waals surface area contributed by atoms with Gasteiger partial charge in [0.2, 0.25) is 8.87 Å². The smallest absolute Gasteiger partial charge is 0.407 e. The van der Waals surface area contributed by atoms with E-state index in [1.54, 1.807) is 51.1 Å². The highest BCUT2D eigenvalue weighted by atomic mass is 33.1. The van der Waals surface area contributed by atoms with Crippen LogP contribution in [0.25, 0.3) is 0 Å². The number of carbonyl (C=O) groups excluding carboxylic acids is 1. The topological polar surface area (TPSA) is 72.5 Å². The van der Waals surface area contributed by atoms with Gasteiger partial charge in [-0.1, -0.05) is 18.2 Å². The lowest BCUT2D eigenvalue weighted by molar-refractivity contribution is 0.0528. The number of benzene rings is 1. The fourth-order valence-electron chi connectivity index (χ4n) is 1.40. The molecule has 0 aromatic heterocycles. The van der Waals surface area contributed by atoms with E-state index in [1.807, 2.05) is 0 Å². The summed E-state index contributed by atoms with van der Waals surface area (Å²) >= 11 is 0. The maximum atomic E-state index is 12.0. The largest absolute Gasteiger partial charge is 0.444 e. The van der Waals surface area contributed by atoms with Crippen molar-refractivity contribution in [1.82, 2.24) is 5.32 Å². The molecule has 0 aliphatic heterocycles. The van der Waals surface area contributed by atoms with Crippen LogP contribution in [0.3, 0.4) is 0 Å². The van der Waals surface area contributed by atoms with Crippen molar-refractivity contribution in [2.24, 2.45) is 0 Å². The number of carbonyl (C=O) groups is 1. The molecule has 0 saturated carbocycles. The highest BCUT2D eigenvalue weighted by Crippen LogP contribution is 2.23. The highest BCUT2D eigenvalue weighted by molar-refractivity contribution is 8.72. The summed E-state index contributed by atoms with van der Waals surface area (Å²) in [6, 6.07) is 8.30. The van der Waals surface area contributed by atoms with Crippen molar-refractivity contribution in [2.75, 3.05) is 12.3 Å². The number of amides is 1. The first kappa shape index (κ1) is 17.8. The van der Waals surface area contributed by atoms with Crippen molar-refractivity contribution in [3.05, 3.63) is 30.3 Å². The van der Waals surface area contributed by atoms with E-state index in [4.69, 9.17) is 4.74 Å². The van der Waals surface area contributed by atoms with E-state index >= 15 is 0 Å². The average Bonchev–Trinajstić information content (AvgIpc) is 2.37. The third kappa shape index (κ3) is 7.38. The van der Waals surface area contributed by atoms with Gasteiger partial charge >= 0.3 is 6.09 Å². The van der Waals surface area contributed by atoms with Crippen LogP contribution < -0.4 is 5.32 Å². The van der Waals surface area contributed by atoms with Crippen LogP contribution in [-0.2, 0) is 13.6 Å². The Morgan fingerprint density at radius 3 is 2.43 bits per heavy atom. The standard InChI is InChI=1S/C14H21NO4S2/c1-14(2,3)19-13(16)15-10-7-11-20-21(17,18)12-8-5-4-6-9-12/h4-6,8-9H,7,10-11H2,1-3H3,(H,15,16). The van der Waals surface area contributed by atoms with Gasteiger partial charge in [-0.25, -0.2) is 13.2 Å². The molecular formula is C14H21NO4S2. The zero-order chi connectivity index (χ0) is 15.9. The molecule has 0 bridgehead atoms. The molecule has 0 aliphatic carbocycles. The minimum absolute atomic E-state index is 0.301. The van der Waals surface area contributed by atoms with Crippen molar-refractivity contribution < 1.29 is 17.9 Å². The normalized spacial score (nSPS) is 12.0. The van der Waals surface area contributed by atoms with Gasteiger partial charge < -0.3 is 10.1 Å². The van der Waals surface area contributed by atoms with Gasteiger partial charge in [0.25, 0.3) is 0 Å². The fraction of sp³-hybridized carbons (Fsp3) is 0.500. The van der Waals surface area contributed by atoms with Gasteiger partial charge in [-0.2, -0.15) is 0 Å². The van der Waals surface area contributed by atoms with E-state index in [0.29, 0.717) is 23.6 Å². The van der Waals surface area contributed by atoms with E-state index in [1.165, 1.54) is 0 Å². The van der Waals surface area contributed by atoms with E-state index in [0.717, 1.165) is 10.8 Å². The van der Waals surface area contributed by atoms with E-state index < -0.39 is 20.6 Å². The Morgan fingerprint density at radius 1 is 1.24 bits per heavy atom. The molecule has 0 fully saturated rings. The van der Waals surface area contributed by atoms with Gasteiger partial charge in [0.15, 0.2) is 0 Å². The minimum atomic E-state index is -3.32. The second-order valence-corrected chi connectivity index (χ2v) is 9.42. The third-order valence-electron chi connectivity index (χ3n) is 2.26. The summed E-state index contributed by atoms with van der Waals surface area (Å²) in [5, 5.41) is 2.60. The summed E-state index contributed by atoms with van der Waals surface area (Å²) in [5.41, 5.74) is -0.532. The zero-order valence-electron chi connectivity index (χ0n) is 12.5. The molecule has 0 heterocycles. The summed E-state index contributed by atoms with van der Waals surface area (Å²) in [6.45, 7) is 5.74. The van der Waals surface area contributed by atoms with E-state index in [2.05, 4.69) is 5.32 Å². The van der Waals surface area contributed by atoms with Gasteiger partial charge in [-0.15, -0.1) is 0 Å². The van der Waals surface area contributed by atoms with Crippen molar-refractivity contribution >= 4 is 25.8 Å². The Kier molecular flexibility index (Phi) is 6.54. The number of hydrogen-bond acceptors (Lipinski definition) is 5. The SMILES string of the molecule is CC(C)(C)OC(=O)NCCCSS(=O)(=O)c1ccccc1. The Bertz CT molecular complexity index is 550. The Labute approximate surface area is 129 Å². The van der Waals surface area contributed by atoms with Crippen LogP contribution in [0.4, 0.5) is 4.79 Å². The van der Waals surface area contributed by atoms with Crippen molar-refractivity contribution in [1.29, 1.82) is 0 Å². The molecular weight excluding hydrogens is 310 g/mol. The summed E-state index contributed by atoms with van der Waals surface area (Å²) in [7, 11) is -2.44. The molecule has 118 valence electrons. The first-order valence-electron chi connectivity index (χ1n) is 6.62. The zero-order valence-corrected chi connectivity index (χ0v) is 14.1. The maximum Gasteiger partial charge on any atom is 0.407 e. The highest BCUT2D eigenvalue weighted by Gasteiger charge is 2.16. The van der Waals surface area contributed by atoms with Crippen LogP contribution >= 0.6 is 10.8 Å². The van der Waals surface area contributed by atoms with Crippen molar-refractivity contribution in [3.8, 4) is 0 Å². The lowest BCUT2D eigenvalue weighted by atomic mass is 10.2. The van der Waals surface area contributed by atoms with Gasteiger partial charge in [0.1, 0.15) is 5.60 Å². The molecule has 1 amide bonds. The number of ether oxygens (including phenoxy) is 1. The Balaban J connectivity index is 2.27. The second kappa shape index (κ2) is 7.70. The molecule has 0 radical (unpaired) electrons. The van der Waals surface area contributed by atoms with Crippen LogP contribution in [0.2, 0.25) is 0 Å². The Morgan fingerprint density at radius 2 is 1.86 bits per heavy atom. The molecule has 0 aliphatic rings.